The van der Waals surface area contributed by atoms with E-state index in [4.69, 9.17) is 9.26 Å². The number of methoxy groups -OCH3 is 1. The van der Waals surface area contributed by atoms with Crippen LogP contribution < -0.4 is 10.1 Å². The van der Waals surface area contributed by atoms with Crippen molar-refractivity contribution in [2.75, 3.05) is 12.4 Å². The van der Waals surface area contributed by atoms with Crippen LogP contribution in [0.3, 0.4) is 0 Å². The van der Waals surface area contributed by atoms with Crippen LogP contribution in [0.15, 0.2) is 53.1 Å². The third-order valence-electron chi connectivity index (χ3n) is 4.86. The molecule has 5 rings (SSSR count). The summed E-state index contributed by atoms with van der Waals surface area (Å²) in [6, 6.07) is 15.6. The average Bonchev–Trinajstić information content (AvgIpc) is 3.32. The third-order valence-corrected chi connectivity index (χ3v) is 6.07. The van der Waals surface area contributed by atoms with E-state index in [9.17, 15) is 4.79 Å². The fraction of sp³-hybridized carbons (Fsp3) is 0.143. The first-order valence-corrected chi connectivity index (χ1v) is 9.50. The highest BCUT2D eigenvalue weighted by Gasteiger charge is 2.23. The zero-order valence-corrected chi connectivity index (χ0v) is 15.4. The normalized spacial score (nSPS) is 12.5. The molecule has 0 fully saturated rings. The van der Waals surface area contributed by atoms with Crippen LogP contribution >= 0.6 is 11.3 Å². The largest absolute Gasteiger partial charge is 0.497 e. The second-order valence-electron chi connectivity index (χ2n) is 6.47. The van der Waals surface area contributed by atoms with Crippen LogP contribution in [0.1, 0.15) is 20.8 Å². The molecule has 0 aliphatic heterocycles. The Morgan fingerprint density at radius 2 is 2.00 bits per heavy atom. The number of carbonyl (C=O) groups is 1. The number of aromatic nitrogens is 1. The summed E-state index contributed by atoms with van der Waals surface area (Å²) >= 11 is 1.52. The number of carbonyl (C=O) groups excluding carboxylic acids is 1. The lowest BCUT2D eigenvalue weighted by Gasteiger charge is -2.16. The Morgan fingerprint density at radius 1 is 1.15 bits per heavy atom. The maximum atomic E-state index is 12.8. The topological polar surface area (TPSA) is 64.4 Å². The van der Waals surface area contributed by atoms with Crippen LogP contribution in [-0.2, 0) is 12.8 Å². The Labute approximate surface area is 159 Å². The summed E-state index contributed by atoms with van der Waals surface area (Å²) in [4.78, 5) is 14.6. The molecule has 0 bridgehead atoms. The number of amides is 1. The van der Waals surface area contributed by atoms with Crippen LogP contribution in [0.5, 0.6) is 5.75 Å². The van der Waals surface area contributed by atoms with Gasteiger partial charge in [0.2, 0.25) is 0 Å². The van der Waals surface area contributed by atoms with Gasteiger partial charge in [-0.3, -0.25) is 4.79 Å². The first kappa shape index (κ1) is 16.1. The number of fused-ring (bicyclic) bond motifs is 4. The molecule has 5 nitrogen and oxygen atoms in total. The third kappa shape index (κ3) is 2.69. The van der Waals surface area contributed by atoms with E-state index in [1.54, 1.807) is 7.11 Å². The van der Waals surface area contributed by atoms with Gasteiger partial charge in [-0.15, -0.1) is 11.3 Å². The van der Waals surface area contributed by atoms with Gasteiger partial charge in [-0.25, -0.2) is 0 Å². The van der Waals surface area contributed by atoms with E-state index in [2.05, 4.69) is 22.6 Å². The van der Waals surface area contributed by atoms with Crippen LogP contribution in [0.2, 0.25) is 0 Å². The SMILES string of the molecule is COc1ccc2c(c1)CCc1cc(C(=O)Nc3noc4ccccc34)sc1-2. The maximum absolute atomic E-state index is 12.8. The number of thiophene rings is 1. The van der Waals surface area contributed by atoms with Gasteiger partial charge in [0.05, 0.1) is 17.4 Å². The molecule has 1 N–H and O–H groups in total. The Balaban J connectivity index is 1.47. The highest BCUT2D eigenvalue weighted by atomic mass is 32.1. The minimum atomic E-state index is -0.163. The van der Waals surface area contributed by atoms with Crippen molar-refractivity contribution in [3.8, 4) is 16.2 Å². The lowest BCUT2D eigenvalue weighted by Crippen LogP contribution is -2.10. The van der Waals surface area contributed by atoms with Gasteiger partial charge in [0.1, 0.15) is 5.75 Å². The summed E-state index contributed by atoms with van der Waals surface area (Å²) in [7, 11) is 1.68. The molecule has 1 aliphatic carbocycles. The van der Waals surface area contributed by atoms with E-state index in [1.165, 1.54) is 28.0 Å². The lowest BCUT2D eigenvalue weighted by molar-refractivity contribution is 0.102. The Hall–Kier alpha value is -3.12. The number of anilines is 1. The molecule has 2 aromatic carbocycles. The summed E-state index contributed by atoms with van der Waals surface area (Å²) in [6.45, 7) is 0. The van der Waals surface area contributed by atoms with E-state index >= 15 is 0 Å². The van der Waals surface area contributed by atoms with Crippen molar-refractivity contribution >= 4 is 34.0 Å². The summed E-state index contributed by atoms with van der Waals surface area (Å²) in [6.07, 6.45) is 1.87. The molecule has 1 amide bonds. The molecule has 0 atom stereocenters. The summed E-state index contributed by atoms with van der Waals surface area (Å²) in [5.74, 6) is 1.15. The van der Waals surface area contributed by atoms with Gasteiger partial charge in [0.15, 0.2) is 11.4 Å². The highest BCUT2D eigenvalue weighted by molar-refractivity contribution is 7.17. The Kier molecular flexibility index (Phi) is 3.72. The highest BCUT2D eigenvalue weighted by Crippen LogP contribution is 2.41. The summed E-state index contributed by atoms with van der Waals surface area (Å²) < 4.78 is 10.6. The molecule has 6 heteroatoms. The number of benzene rings is 2. The molecule has 2 aromatic heterocycles. The summed E-state index contributed by atoms with van der Waals surface area (Å²) in [5.41, 5.74) is 4.32. The summed E-state index contributed by atoms with van der Waals surface area (Å²) in [5, 5.41) is 7.66. The van der Waals surface area contributed by atoms with Crippen molar-refractivity contribution < 1.29 is 14.1 Å². The molecule has 27 heavy (non-hydrogen) atoms. The quantitative estimate of drug-likeness (QED) is 0.551. The number of rotatable bonds is 3. The second kappa shape index (κ2) is 6.25. The molecular formula is C21H16N2O3S. The van der Waals surface area contributed by atoms with E-state index in [1.807, 2.05) is 36.4 Å². The van der Waals surface area contributed by atoms with Crippen molar-refractivity contribution in [1.29, 1.82) is 0 Å². The molecule has 2 heterocycles. The monoisotopic (exact) mass is 376 g/mol. The van der Waals surface area contributed by atoms with Gasteiger partial charge < -0.3 is 14.6 Å². The van der Waals surface area contributed by atoms with E-state index in [0.717, 1.165) is 28.9 Å². The Bertz CT molecular complexity index is 1180. The predicted octanol–water partition coefficient (Wildman–Crippen LogP) is 4.92. The van der Waals surface area contributed by atoms with Crippen molar-refractivity contribution in [3.05, 3.63) is 64.5 Å². The smallest absolute Gasteiger partial charge is 0.267 e. The van der Waals surface area contributed by atoms with Crippen LogP contribution in [0, 0.1) is 0 Å². The van der Waals surface area contributed by atoms with E-state index in [-0.39, 0.29) is 5.91 Å². The molecule has 0 radical (unpaired) electrons. The maximum Gasteiger partial charge on any atom is 0.267 e. The Morgan fingerprint density at radius 3 is 2.89 bits per heavy atom. The van der Waals surface area contributed by atoms with Gasteiger partial charge in [-0.1, -0.05) is 17.3 Å². The van der Waals surface area contributed by atoms with Gasteiger partial charge >= 0.3 is 0 Å². The fourth-order valence-electron chi connectivity index (χ4n) is 3.49. The first-order chi connectivity index (χ1) is 13.2. The molecule has 4 aromatic rings. The number of para-hydroxylation sites is 1. The predicted molar refractivity (Wildman–Crippen MR) is 106 cm³/mol. The first-order valence-electron chi connectivity index (χ1n) is 8.68. The van der Waals surface area contributed by atoms with Crippen LogP contribution in [-0.4, -0.2) is 18.2 Å². The minimum absolute atomic E-state index is 0.163. The minimum Gasteiger partial charge on any atom is -0.497 e. The molecule has 0 saturated heterocycles. The fourth-order valence-corrected chi connectivity index (χ4v) is 4.66. The average molecular weight is 376 g/mol. The second-order valence-corrected chi connectivity index (χ2v) is 7.52. The molecule has 0 spiro atoms. The van der Waals surface area contributed by atoms with E-state index in [0.29, 0.717) is 16.3 Å². The number of nitrogens with one attached hydrogen (secondary N) is 1. The number of hydrogen-bond donors (Lipinski definition) is 1. The number of nitrogens with zero attached hydrogens (tertiary/aromatic N) is 1. The molecule has 134 valence electrons. The van der Waals surface area contributed by atoms with Crippen LogP contribution in [0.25, 0.3) is 21.4 Å². The van der Waals surface area contributed by atoms with Crippen molar-refractivity contribution in [2.45, 2.75) is 12.8 Å². The van der Waals surface area contributed by atoms with Gasteiger partial charge in [0.25, 0.3) is 5.91 Å². The molecule has 1 aliphatic rings. The van der Waals surface area contributed by atoms with Crippen molar-refractivity contribution in [1.82, 2.24) is 5.16 Å². The number of aryl methyl sites for hydroxylation is 2. The zero-order chi connectivity index (χ0) is 18.4. The number of ether oxygens (including phenoxy) is 1. The molecule has 0 unspecified atom stereocenters. The van der Waals surface area contributed by atoms with Crippen molar-refractivity contribution in [2.24, 2.45) is 0 Å². The lowest BCUT2D eigenvalue weighted by atomic mass is 9.91. The van der Waals surface area contributed by atoms with Crippen molar-refractivity contribution in [3.63, 3.8) is 0 Å². The standard InChI is InChI=1S/C21H16N2O3S/c1-25-14-8-9-15-12(10-14)6-7-13-11-18(27-19(13)15)21(24)22-20-16-4-2-3-5-17(16)26-23-20/h2-5,8-11H,6-7H2,1H3,(H,22,23,24). The number of hydrogen-bond acceptors (Lipinski definition) is 5. The van der Waals surface area contributed by atoms with Crippen LogP contribution in [0.4, 0.5) is 5.82 Å². The zero-order valence-electron chi connectivity index (χ0n) is 14.6. The van der Waals surface area contributed by atoms with Gasteiger partial charge in [-0.05, 0) is 65.9 Å². The molecular weight excluding hydrogens is 360 g/mol. The molecule has 0 saturated carbocycles. The van der Waals surface area contributed by atoms with Gasteiger partial charge in [0, 0.05) is 4.88 Å². The van der Waals surface area contributed by atoms with E-state index < -0.39 is 0 Å². The van der Waals surface area contributed by atoms with Gasteiger partial charge in [-0.2, -0.15) is 0 Å².